The average molecular weight is 863 g/mol. The van der Waals surface area contributed by atoms with Crippen LogP contribution in [0.1, 0.15) is 56.9 Å². The number of carbonyl (C=O) groups excluding carboxylic acids is 2. The Labute approximate surface area is 346 Å². The first-order valence-corrected chi connectivity index (χ1v) is 21.7. The van der Waals surface area contributed by atoms with Crippen LogP contribution in [-0.2, 0) is 47.5 Å². The summed E-state index contributed by atoms with van der Waals surface area (Å²) in [4.78, 5) is 24.1. The van der Waals surface area contributed by atoms with Gasteiger partial charge in [-0.3, -0.25) is 9.59 Å². The maximum atomic E-state index is 12.9. The molecule has 1 amide bonds. The molecule has 3 aliphatic heterocycles. The molecule has 1 aromatic carbocycles. The molecule has 0 aliphatic carbocycles. The van der Waals surface area contributed by atoms with E-state index in [1.165, 1.54) is 0 Å². The summed E-state index contributed by atoms with van der Waals surface area (Å²) in [6.45, 7) is 6.22. The fraction of sp³-hybridized carbons (Fsp3) is 0.763. The van der Waals surface area contributed by atoms with Crippen molar-refractivity contribution in [3.8, 4) is 6.07 Å². The minimum atomic E-state index is -1.74. The third kappa shape index (κ3) is 13.4. The van der Waals surface area contributed by atoms with Crippen LogP contribution in [0.25, 0.3) is 0 Å². The van der Waals surface area contributed by atoms with Gasteiger partial charge in [-0.1, -0.05) is 52.8 Å². The zero-order valence-corrected chi connectivity index (χ0v) is 34.8. The molecule has 20 heteroatoms. The molecule has 13 atom stereocenters. The molecular weight excluding hydrogens is 805 g/mol. The number of nitriles is 1. The molecule has 0 saturated carbocycles. The molecule has 328 valence electrons. The molecule has 3 saturated heterocycles. The van der Waals surface area contributed by atoms with Crippen molar-refractivity contribution in [1.82, 2.24) is 5.32 Å². The molecule has 7 N–H and O–H groups in total. The van der Waals surface area contributed by atoms with E-state index < -0.39 is 91.6 Å². The summed E-state index contributed by atoms with van der Waals surface area (Å²) in [6, 6.07) is 9.53. The number of hydrogen-bond acceptors (Lipinski definition) is 19. The molecule has 0 spiro atoms. The summed E-state index contributed by atoms with van der Waals surface area (Å²) in [7, 11) is 4.89. The summed E-state index contributed by atoms with van der Waals surface area (Å²) < 4.78 is 45.2. The Hall–Kier alpha value is -2.17. The maximum absolute atomic E-state index is 12.9. The average Bonchev–Trinajstić information content (AvgIpc) is 3.23. The van der Waals surface area contributed by atoms with Crippen LogP contribution in [0.2, 0.25) is 0 Å². The standard InChI is InChI=1S/C38H58N2O16S2/c1-21(34(48)51-13-12-49-10-11-50-14-16-58-57-15-9-27(42)40-4)17-24(38(2,3)20-39)22-5-7-23(8-6-22)35-52-19-26-33(55-35)30(45)32(47)37(54-26)56-36-31(46)29(44)28(43)25(18-41)53-36/h5-8,21,24-26,28-33,35-37,41,43-47H,9-19H2,1-4H3,(H,40,42)/t21?,24?,25-,26-,28-,29+,30-,31-,32-,33-,35?,36-,37-/m1/s1. The van der Waals surface area contributed by atoms with Crippen LogP contribution in [0.15, 0.2) is 24.3 Å². The van der Waals surface area contributed by atoms with Crippen molar-refractivity contribution in [3.05, 3.63) is 35.4 Å². The van der Waals surface area contributed by atoms with E-state index in [0.717, 1.165) is 17.1 Å². The normalized spacial score (nSPS) is 31.1. The number of esters is 1. The number of amides is 1. The van der Waals surface area contributed by atoms with Gasteiger partial charge in [-0.2, -0.15) is 5.26 Å². The first kappa shape index (κ1) is 48.5. The van der Waals surface area contributed by atoms with Gasteiger partial charge >= 0.3 is 5.97 Å². The van der Waals surface area contributed by atoms with Gasteiger partial charge in [0.25, 0.3) is 0 Å². The van der Waals surface area contributed by atoms with Gasteiger partial charge in [0.1, 0.15) is 55.4 Å². The zero-order chi connectivity index (χ0) is 42.4. The molecule has 58 heavy (non-hydrogen) atoms. The van der Waals surface area contributed by atoms with E-state index >= 15 is 0 Å². The lowest BCUT2D eigenvalue weighted by molar-refractivity contribution is -0.399. The van der Waals surface area contributed by atoms with Gasteiger partial charge in [0.05, 0.1) is 57.0 Å². The minimum absolute atomic E-state index is 0.0221. The van der Waals surface area contributed by atoms with Gasteiger partial charge in [0.15, 0.2) is 18.9 Å². The number of nitrogens with zero attached hydrogens (tertiary/aromatic N) is 1. The van der Waals surface area contributed by atoms with E-state index in [4.69, 9.17) is 37.9 Å². The van der Waals surface area contributed by atoms with E-state index in [0.29, 0.717) is 38.2 Å². The van der Waals surface area contributed by atoms with Gasteiger partial charge in [-0.15, -0.1) is 0 Å². The highest BCUT2D eigenvalue weighted by atomic mass is 33.1. The number of nitrogens with one attached hydrogen (secondary N) is 1. The van der Waals surface area contributed by atoms with Crippen molar-refractivity contribution in [1.29, 1.82) is 5.26 Å². The highest BCUT2D eigenvalue weighted by Gasteiger charge is 2.52. The van der Waals surface area contributed by atoms with E-state index in [2.05, 4.69) is 11.4 Å². The zero-order valence-electron chi connectivity index (χ0n) is 33.1. The number of aliphatic hydroxyl groups is 6. The quantitative estimate of drug-likeness (QED) is 0.0464. The lowest BCUT2D eigenvalue weighted by Gasteiger charge is -2.48. The molecule has 3 unspecified atom stereocenters. The second-order valence-corrected chi connectivity index (χ2v) is 17.5. The molecule has 3 aliphatic rings. The third-order valence-corrected chi connectivity index (χ3v) is 12.5. The Morgan fingerprint density at radius 2 is 1.53 bits per heavy atom. The summed E-state index contributed by atoms with van der Waals surface area (Å²) in [5.41, 5.74) is 0.542. The van der Waals surface area contributed by atoms with E-state index in [-0.39, 0.29) is 31.6 Å². The van der Waals surface area contributed by atoms with Crippen molar-refractivity contribution in [3.63, 3.8) is 0 Å². The third-order valence-electron chi connectivity index (χ3n) is 10.1. The molecule has 0 aromatic heterocycles. The van der Waals surface area contributed by atoms with Crippen molar-refractivity contribution in [2.45, 2.75) is 107 Å². The Balaban J connectivity index is 1.22. The van der Waals surface area contributed by atoms with Crippen LogP contribution < -0.4 is 5.32 Å². The fourth-order valence-electron chi connectivity index (χ4n) is 6.57. The van der Waals surface area contributed by atoms with E-state index in [1.807, 2.05) is 26.0 Å². The topological polar surface area (TPSA) is 265 Å². The molecule has 3 heterocycles. The Bertz CT molecular complexity index is 1450. The molecule has 4 rings (SSSR count). The number of rotatable bonds is 22. The van der Waals surface area contributed by atoms with E-state index in [1.54, 1.807) is 47.7 Å². The molecular formula is C38H58N2O16S2. The maximum Gasteiger partial charge on any atom is 0.308 e. The molecule has 0 radical (unpaired) electrons. The Morgan fingerprint density at radius 3 is 2.21 bits per heavy atom. The monoisotopic (exact) mass is 862 g/mol. The van der Waals surface area contributed by atoms with Gasteiger partial charge in [0.2, 0.25) is 5.91 Å². The minimum Gasteiger partial charge on any atom is -0.463 e. The van der Waals surface area contributed by atoms with Crippen molar-refractivity contribution >= 4 is 33.5 Å². The first-order valence-electron chi connectivity index (χ1n) is 19.2. The van der Waals surface area contributed by atoms with Crippen LogP contribution >= 0.6 is 21.6 Å². The highest BCUT2D eigenvalue weighted by Crippen LogP contribution is 2.41. The molecule has 3 fully saturated rings. The number of benzene rings is 1. The van der Waals surface area contributed by atoms with Crippen LogP contribution in [-0.4, -0.2) is 169 Å². The van der Waals surface area contributed by atoms with Crippen molar-refractivity contribution < 1.29 is 78.1 Å². The molecule has 0 bridgehead atoms. The lowest BCUT2D eigenvalue weighted by atomic mass is 9.72. The Kier molecular flexibility index (Phi) is 19.8. The number of fused-ring (bicyclic) bond motifs is 1. The number of ether oxygens (including phenoxy) is 8. The Morgan fingerprint density at radius 1 is 0.897 bits per heavy atom. The van der Waals surface area contributed by atoms with Crippen LogP contribution in [0, 0.1) is 22.7 Å². The van der Waals surface area contributed by atoms with Gasteiger partial charge in [0, 0.05) is 36.5 Å². The number of carbonyl (C=O) groups is 2. The summed E-state index contributed by atoms with van der Waals surface area (Å²) in [5.74, 6) is 0.270. The SMILES string of the molecule is CNC(=O)CCSSCCOCCOCCOC(=O)C(C)CC(c1ccc(C2OC[C@H]3O[C@H](O[C@H]4O[C@H](CO)[C@@H](O)[C@H](O)[C@H]4O)[C@H](O)[C@@H](O)[C@@H]3O2)cc1)C(C)(C)C#N. The summed E-state index contributed by atoms with van der Waals surface area (Å²) >= 11 is 0. The smallest absolute Gasteiger partial charge is 0.308 e. The predicted molar refractivity (Wildman–Crippen MR) is 208 cm³/mol. The number of aliphatic hydroxyl groups excluding tert-OH is 6. The first-order chi connectivity index (χ1) is 27.7. The van der Waals surface area contributed by atoms with Gasteiger partial charge in [-0.25, -0.2) is 0 Å². The van der Waals surface area contributed by atoms with Crippen LogP contribution in [0.4, 0.5) is 0 Å². The van der Waals surface area contributed by atoms with Crippen molar-refractivity contribution in [2.75, 3.05) is 64.8 Å². The second-order valence-electron chi connectivity index (χ2n) is 14.8. The molecule has 1 aromatic rings. The number of hydrogen-bond donors (Lipinski definition) is 7. The van der Waals surface area contributed by atoms with Gasteiger partial charge in [-0.05, 0) is 25.8 Å². The fourth-order valence-corrected chi connectivity index (χ4v) is 8.42. The predicted octanol–water partition coefficient (Wildman–Crippen LogP) is 0.117. The van der Waals surface area contributed by atoms with E-state index in [9.17, 15) is 45.5 Å². The van der Waals surface area contributed by atoms with Gasteiger partial charge < -0.3 is 73.9 Å². The largest absolute Gasteiger partial charge is 0.463 e. The van der Waals surface area contributed by atoms with Crippen LogP contribution in [0.5, 0.6) is 0 Å². The molecule has 18 nitrogen and oxygen atoms in total. The lowest BCUT2D eigenvalue weighted by Crippen LogP contribution is -2.65. The van der Waals surface area contributed by atoms with Crippen molar-refractivity contribution in [2.24, 2.45) is 11.3 Å². The summed E-state index contributed by atoms with van der Waals surface area (Å²) in [6.07, 6.45) is -14.8. The second kappa shape index (κ2) is 23.7. The van der Waals surface area contributed by atoms with Crippen LogP contribution in [0.3, 0.4) is 0 Å². The summed E-state index contributed by atoms with van der Waals surface area (Å²) in [5, 5.41) is 74.4. The highest BCUT2D eigenvalue weighted by molar-refractivity contribution is 8.76.